The van der Waals surface area contributed by atoms with Gasteiger partial charge in [0.1, 0.15) is 5.75 Å². The number of ether oxygens (including phenoxy) is 1. The molecule has 1 aliphatic rings. The molecule has 1 aromatic heterocycles. The van der Waals surface area contributed by atoms with Crippen LogP contribution in [-0.4, -0.2) is 40.6 Å². The van der Waals surface area contributed by atoms with Crippen LogP contribution in [0.4, 0.5) is 18.9 Å². The molecule has 1 fully saturated rings. The van der Waals surface area contributed by atoms with Gasteiger partial charge in [-0.3, -0.25) is 4.79 Å². The van der Waals surface area contributed by atoms with E-state index in [1.165, 1.54) is 12.3 Å². The molecule has 29 heavy (non-hydrogen) atoms. The molecule has 160 valence electrons. The number of halogens is 4. The molecule has 1 aromatic carbocycles. The summed E-state index contributed by atoms with van der Waals surface area (Å²) in [6, 6.07) is 3.14. The normalized spacial score (nSPS) is 14.9. The summed E-state index contributed by atoms with van der Waals surface area (Å²) in [5, 5.41) is 13.6. The Bertz CT molecular complexity index is 822. The maximum atomic E-state index is 13.0. The summed E-state index contributed by atoms with van der Waals surface area (Å²) in [4.78, 5) is 12.5. The average Bonchev–Trinajstić information content (AvgIpc) is 3.17. The molecule has 11 heteroatoms. The van der Waals surface area contributed by atoms with Crippen molar-refractivity contribution in [3.8, 4) is 5.75 Å². The van der Waals surface area contributed by atoms with Crippen molar-refractivity contribution in [3.05, 3.63) is 35.7 Å². The molecule has 0 radical (unpaired) electrons. The minimum Gasteiger partial charge on any atom is -0.491 e. The second-order valence-corrected chi connectivity index (χ2v) is 6.58. The fraction of sp³-hybridized carbons (Fsp3) is 0.500. The number of hydrogen-bond acceptors (Lipinski definition) is 5. The second-order valence-electron chi connectivity index (χ2n) is 6.58. The zero-order valence-electron chi connectivity index (χ0n) is 15.8. The van der Waals surface area contributed by atoms with Crippen LogP contribution < -0.4 is 15.4 Å². The van der Waals surface area contributed by atoms with E-state index in [0.29, 0.717) is 13.0 Å². The molecule has 1 amide bonds. The van der Waals surface area contributed by atoms with Gasteiger partial charge in [-0.2, -0.15) is 13.2 Å². The lowest BCUT2D eigenvalue weighted by atomic mass is 10.1. The Kier molecular flexibility index (Phi) is 7.86. The largest absolute Gasteiger partial charge is 0.491 e. The van der Waals surface area contributed by atoms with Gasteiger partial charge in [-0.05, 0) is 50.6 Å². The minimum atomic E-state index is -4.53. The predicted octanol–water partition coefficient (Wildman–Crippen LogP) is 3.68. The fourth-order valence-electron chi connectivity index (χ4n) is 2.96. The smallest absolute Gasteiger partial charge is 0.416 e. The highest BCUT2D eigenvalue weighted by Gasteiger charge is 2.31. The molecule has 0 aliphatic carbocycles. The van der Waals surface area contributed by atoms with Gasteiger partial charge >= 0.3 is 6.18 Å². The lowest BCUT2D eigenvalue weighted by Gasteiger charge is -2.22. The van der Waals surface area contributed by atoms with Gasteiger partial charge in [0.2, 0.25) is 0 Å². The summed E-state index contributed by atoms with van der Waals surface area (Å²) in [5.41, 5.74) is -0.882. The third-order valence-corrected chi connectivity index (χ3v) is 4.44. The molecule has 2 heterocycles. The number of hydrogen-bond donors (Lipinski definition) is 2. The van der Waals surface area contributed by atoms with Crippen molar-refractivity contribution in [3.63, 3.8) is 0 Å². The number of aromatic nitrogens is 3. The number of amides is 1. The topological polar surface area (TPSA) is 81.1 Å². The molecule has 0 saturated carbocycles. The Morgan fingerprint density at radius 2 is 2.07 bits per heavy atom. The predicted molar refractivity (Wildman–Crippen MR) is 104 cm³/mol. The van der Waals surface area contributed by atoms with E-state index < -0.39 is 17.6 Å². The van der Waals surface area contributed by atoms with Crippen LogP contribution in [0.15, 0.2) is 24.4 Å². The van der Waals surface area contributed by atoms with Gasteiger partial charge in [0.25, 0.3) is 5.91 Å². The molecule has 2 aromatic rings. The standard InChI is InChI=1S/C18H22F3N5O2.ClH/c1-2-9-28-16-4-3-12(18(19,20)21)10-14(16)23-17(27)15-11-26(25-24-15)13-5-7-22-8-6-13;/h3-4,10-11,13,22H,2,5-9H2,1H3,(H,23,27);1H. The molecular formula is C18H23ClF3N5O2. The summed E-state index contributed by atoms with van der Waals surface area (Å²) >= 11 is 0. The number of carbonyl (C=O) groups is 1. The van der Waals surface area contributed by atoms with Crippen LogP contribution in [0.1, 0.15) is 48.3 Å². The number of anilines is 1. The summed E-state index contributed by atoms with van der Waals surface area (Å²) in [5.74, 6) is -0.463. The van der Waals surface area contributed by atoms with E-state index in [-0.39, 0.29) is 35.6 Å². The number of benzene rings is 1. The van der Waals surface area contributed by atoms with Crippen molar-refractivity contribution < 1.29 is 22.7 Å². The molecular weight excluding hydrogens is 411 g/mol. The third kappa shape index (κ3) is 5.83. The number of alkyl halides is 3. The van der Waals surface area contributed by atoms with Crippen molar-refractivity contribution in [1.29, 1.82) is 0 Å². The number of nitrogens with one attached hydrogen (secondary N) is 2. The van der Waals surface area contributed by atoms with Crippen LogP contribution in [0.5, 0.6) is 5.75 Å². The molecule has 0 spiro atoms. The molecule has 0 atom stereocenters. The van der Waals surface area contributed by atoms with Crippen LogP contribution in [0.25, 0.3) is 0 Å². The average molecular weight is 434 g/mol. The highest BCUT2D eigenvalue weighted by molar-refractivity contribution is 6.03. The fourth-order valence-corrected chi connectivity index (χ4v) is 2.96. The highest BCUT2D eigenvalue weighted by Crippen LogP contribution is 2.35. The second kappa shape index (κ2) is 9.93. The van der Waals surface area contributed by atoms with Gasteiger partial charge in [0.05, 0.1) is 30.1 Å². The van der Waals surface area contributed by atoms with Crippen LogP contribution in [0.2, 0.25) is 0 Å². The first-order valence-electron chi connectivity index (χ1n) is 9.16. The Morgan fingerprint density at radius 3 is 2.72 bits per heavy atom. The Labute approximate surface area is 172 Å². The minimum absolute atomic E-state index is 0. The number of carbonyl (C=O) groups excluding carboxylic acids is 1. The number of piperidine rings is 1. The van der Waals surface area contributed by atoms with Gasteiger partial charge in [0, 0.05) is 0 Å². The van der Waals surface area contributed by atoms with Crippen LogP contribution in [0.3, 0.4) is 0 Å². The van der Waals surface area contributed by atoms with E-state index in [4.69, 9.17) is 4.74 Å². The summed E-state index contributed by atoms with van der Waals surface area (Å²) in [6.45, 7) is 3.91. The lowest BCUT2D eigenvalue weighted by Crippen LogP contribution is -2.29. The molecule has 7 nitrogen and oxygen atoms in total. The van der Waals surface area contributed by atoms with Crippen LogP contribution >= 0.6 is 12.4 Å². The molecule has 0 bridgehead atoms. The van der Waals surface area contributed by atoms with Gasteiger partial charge < -0.3 is 15.4 Å². The van der Waals surface area contributed by atoms with Gasteiger partial charge in [-0.1, -0.05) is 12.1 Å². The Balaban J connectivity index is 0.00000300. The van der Waals surface area contributed by atoms with Crippen LogP contribution in [0, 0.1) is 0 Å². The molecule has 1 saturated heterocycles. The zero-order valence-corrected chi connectivity index (χ0v) is 16.6. The van der Waals surface area contributed by atoms with E-state index in [0.717, 1.165) is 38.1 Å². The molecule has 3 rings (SSSR count). The van der Waals surface area contributed by atoms with Crippen molar-refractivity contribution in [2.24, 2.45) is 0 Å². The molecule has 0 unspecified atom stereocenters. The number of nitrogens with zero attached hydrogens (tertiary/aromatic N) is 3. The van der Waals surface area contributed by atoms with Gasteiger partial charge in [0.15, 0.2) is 5.69 Å². The first-order chi connectivity index (χ1) is 13.4. The summed E-state index contributed by atoms with van der Waals surface area (Å²) in [6.07, 6.45) is -0.592. The number of rotatable bonds is 6. The molecule has 1 aliphatic heterocycles. The van der Waals surface area contributed by atoms with Gasteiger partial charge in [-0.25, -0.2) is 4.68 Å². The van der Waals surface area contributed by atoms with Crippen molar-refractivity contribution in [2.75, 3.05) is 25.0 Å². The van der Waals surface area contributed by atoms with Crippen molar-refractivity contribution in [2.45, 2.75) is 38.4 Å². The van der Waals surface area contributed by atoms with E-state index in [1.807, 2.05) is 6.92 Å². The van der Waals surface area contributed by atoms with Crippen LogP contribution in [-0.2, 0) is 6.18 Å². The maximum Gasteiger partial charge on any atom is 0.416 e. The first kappa shape index (κ1) is 23.0. The molecule has 2 N–H and O–H groups in total. The van der Waals surface area contributed by atoms with Gasteiger partial charge in [-0.15, -0.1) is 17.5 Å². The Hall–Kier alpha value is -2.33. The summed E-state index contributed by atoms with van der Waals surface area (Å²) in [7, 11) is 0. The highest BCUT2D eigenvalue weighted by atomic mass is 35.5. The SMILES string of the molecule is CCCOc1ccc(C(F)(F)F)cc1NC(=O)c1cn(C2CCNCC2)nn1.Cl. The van der Waals surface area contributed by atoms with E-state index in [9.17, 15) is 18.0 Å². The third-order valence-electron chi connectivity index (χ3n) is 4.44. The van der Waals surface area contributed by atoms with E-state index in [1.54, 1.807) is 4.68 Å². The Morgan fingerprint density at radius 1 is 1.34 bits per heavy atom. The lowest BCUT2D eigenvalue weighted by molar-refractivity contribution is -0.137. The monoisotopic (exact) mass is 433 g/mol. The van der Waals surface area contributed by atoms with Crippen molar-refractivity contribution in [1.82, 2.24) is 20.3 Å². The van der Waals surface area contributed by atoms with E-state index >= 15 is 0 Å². The zero-order chi connectivity index (χ0) is 20.1. The quantitative estimate of drug-likeness (QED) is 0.726. The first-order valence-corrected chi connectivity index (χ1v) is 9.16. The van der Waals surface area contributed by atoms with Crippen molar-refractivity contribution >= 4 is 24.0 Å². The maximum absolute atomic E-state index is 13.0. The summed E-state index contributed by atoms with van der Waals surface area (Å²) < 4.78 is 46.2. The van der Waals surface area contributed by atoms with E-state index in [2.05, 4.69) is 20.9 Å².